The second kappa shape index (κ2) is 9.27. The van der Waals surface area contributed by atoms with Crippen molar-refractivity contribution in [1.82, 2.24) is 10.6 Å². The van der Waals surface area contributed by atoms with Crippen molar-refractivity contribution in [2.75, 3.05) is 19.7 Å². The largest absolute Gasteiger partial charge is 0.491 e. The van der Waals surface area contributed by atoms with Gasteiger partial charge in [0.2, 0.25) is 0 Å². The number of hydrogen-bond donors (Lipinski definition) is 2. The fourth-order valence-corrected chi connectivity index (χ4v) is 1.95. The molecule has 21 heavy (non-hydrogen) atoms. The first-order valence-corrected chi connectivity index (χ1v) is 7.74. The molecule has 0 aliphatic rings. The van der Waals surface area contributed by atoms with E-state index in [4.69, 9.17) is 4.74 Å². The smallest absolute Gasteiger partial charge is 0.314 e. The number of amides is 2. The summed E-state index contributed by atoms with van der Waals surface area (Å²) in [4.78, 5) is 11.5. The van der Waals surface area contributed by atoms with Crippen LogP contribution in [0.25, 0.3) is 0 Å². The number of urea groups is 1. The van der Waals surface area contributed by atoms with Crippen LogP contribution in [0.3, 0.4) is 0 Å². The molecule has 0 aliphatic carbocycles. The number of ether oxygens (including phenoxy) is 1. The number of carbonyl (C=O) groups is 1. The van der Waals surface area contributed by atoms with Crippen LogP contribution in [-0.2, 0) is 0 Å². The number of benzene rings is 1. The molecule has 2 N–H and O–H groups in total. The minimum Gasteiger partial charge on any atom is -0.491 e. The predicted octanol–water partition coefficient (Wildman–Crippen LogP) is 3.53. The molecule has 4 nitrogen and oxygen atoms in total. The zero-order valence-electron chi connectivity index (χ0n) is 13.6. The lowest BCUT2D eigenvalue weighted by molar-refractivity contribution is 0.235. The zero-order chi connectivity index (χ0) is 15.7. The Morgan fingerprint density at radius 3 is 2.43 bits per heavy atom. The van der Waals surface area contributed by atoms with E-state index in [2.05, 4.69) is 44.4 Å². The van der Waals surface area contributed by atoms with Crippen LogP contribution in [0.5, 0.6) is 5.75 Å². The fourth-order valence-electron chi connectivity index (χ4n) is 1.95. The molecule has 4 heteroatoms. The van der Waals surface area contributed by atoms with Crippen molar-refractivity contribution in [2.45, 2.75) is 40.0 Å². The lowest BCUT2D eigenvalue weighted by atomic mass is 10.0. The van der Waals surface area contributed by atoms with Crippen molar-refractivity contribution in [3.8, 4) is 5.75 Å². The minimum atomic E-state index is -0.128. The van der Waals surface area contributed by atoms with Crippen LogP contribution in [0.4, 0.5) is 4.79 Å². The Kier molecular flexibility index (Phi) is 7.65. The molecule has 0 spiro atoms. The van der Waals surface area contributed by atoms with Crippen molar-refractivity contribution in [3.63, 3.8) is 0 Å². The average molecular weight is 292 g/mol. The van der Waals surface area contributed by atoms with Crippen molar-refractivity contribution < 1.29 is 9.53 Å². The van der Waals surface area contributed by atoms with E-state index < -0.39 is 0 Å². The molecule has 0 saturated carbocycles. The van der Waals surface area contributed by atoms with Gasteiger partial charge in [-0.2, -0.15) is 0 Å². The zero-order valence-corrected chi connectivity index (χ0v) is 13.6. The summed E-state index contributed by atoms with van der Waals surface area (Å²) in [6.07, 6.45) is 0.992. The quantitative estimate of drug-likeness (QED) is 0.720. The van der Waals surface area contributed by atoms with Gasteiger partial charge < -0.3 is 15.4 Å². The Bertz CT molecular complexity index is 431. The summed E-state index contributed by atoms with van der Waals surface area (Å²) in [5, 5.41) is 5.64. The third kappa shape index (κ3) is 7.02. The van der Waals surface area contributed by atoms with Crippen molar-refractivity contribution >= 4 is 6.03 Å². The molecule has 0 atom stereocenters. The number of nitrogens with one attached hydrogen (secondary N) is 2. The van der Waals surface area contributed by atoms with E-state index >= 15 is 0 Å². The summed E-state index contributed by atoms with van der Waals surface area (Å²) in [5.74, 6) is 1.92. The molecular weight excluding hydrogens is 264 g/mol. The molecule has 2 amide bonds. The minimum absolute atomic E-state index is 0.128. The van der Waals surface area contributed by atoms with Crippen LogP contribution in [0.15, 0.2) is 24.3 Å². The van der Waals surface area contributed by atoms with E-state index in [0.29, 0.717) is 31.5 Å². The van der Waals surface area contributed by atoms with Gasteiger partial charge in [0.1, 0.15) is 12.4 Å². The normalized spacial score (nSPS) is 10.8. The molecule has 1 aromatic rings. The third-order valence-corrected chi connectivity index (χ3v) is 3.19. The first-order chi connectivity index (χ1) is 10.0. The van der Waals surface area contributed by atoms with E-state index in [9.17, 15) is 4.79 Å². The highest BCUT2D eigenvalue weighted by Crippen LogP contribution is 2.25. The number of carbonyl (C=O) groups excluding carboxylic acids is 1. The van der Waals surface area contributed by atoms with Gasteiger partial charge in [-0.3, -0.25) is 0 Å². The van der Waals surface area contributed by atoms with Gasteiger partial charge in [-0.25, -0.2) is 4.79 Å². The molecule has 0 bridgehead atoms. The highest BCUT2D eigenvalue weighted by Gasteiger charge is 2.06. The van der Waals surface area contributed by atoms with E-state index in [1.807, 2.05) is 18.2 Å². The summed E-state index contributed by atoms with van der Waals surface area (Å²) in [7, 11) is 0. The van der Waals surface area contributed by atoms with Crippen LogP contribution < -0.4 is 15.4 Å². The second-order valence-corrected chi connectivity index (χ2v) is 5.91. The SMILES string of the molecule is CC(C)CCNC(=O)NCCOc1ccccc1C(C)C. The number of hydrogen-bond acceptors (Lipinski definition) is 2. The third-order valence-electron chi connectivity index (χ3n) is 3.19. The van der Waals surface area contributed by atoms with E-state index in [-0.39, 0.29) is 6.03 Å². The molecule has 0 fully saturated rings. The van der Waals surface area contributed by atoms with Gasteiger partial charge in [-0.1, -0.05) is 45.9 Å². The molecule has 118 valence electrons. The lowest BCUT2D eigenvalue weighted by Gasteiger charge is -2.14. The van der Waals surface area contributed by atoms with Crippen LogP contribution in [0.1, 0.15) is 45.6 Å². The number of para-hydroxylation sites is 1. The van der Waals surface area contributed by atoms with Gasteiger partial charge in [0.15, 0.2) is 0 Å². The summed E-state index contributed by atoms with van der Waals surface area (Å²) in [6, 6.07) is 7.90. The summed E-state index contributed by atoms with van der Waals surface area (Å²) >= 11 is 0. The van der Waals surface area contributed by atoms with E-state index in [1.165, 1.54) is 5.56 Å². The summed E-state index contributed by atoms with van der Waals surface area (Å²) < 4.78 is 5.75. The standard InChI is InChI=1S/C17H28N2O2/c1-13(2)9-10-18-17(20)19-11-12-21-16-8-6-5-7-15(16)14(3)4/h5-8,13-14H,9-12H2,1-4H3,(H2,18,19,20). The Morgan fingerprint density at radius 1 is 1.10 bits per heavy atom. The summed E-state index contributed by atoms with van der Waals surface area (Å²) in [5.41, 5.74) is 1.19. The maximum Gasteiger partial charge on any atom is 0.314 e. The Balaban J connectivity index is 2.24. The predicted molar refractivity (Wildman–Crippen MR) is 86.9 cm³/mol. The van der Waals surface area contributed by atoms with E-state index in [0.717, 1.165) is 12.2 Å². The van der Waals surface area contributed by atoms with Gasteiger partial charge >= 0.3 is 6.03 Å². The average Bonchev–Trinajstić information content (AvgIpc) is 2.43. The molecule has 0 aromatic heterocycles. The maximum atomic E-state index is 11.5. The van der Waals surface area contributed by atoms with Crippen LogP contribution in [0.2, 0.25) is 0 Å². The first-order valence-electron chi connectivity index (χ1n) is 7.74. The van der Waals surface area contributed by atoms with Crippen molar-refractivity contribution in [2.24, 2.45) is 5.92 Å². The highest BCUT2D eigenvalue weighted by atomic mass is 16.5. The second-order valence-electron chi connectivity index (χ2n) is 5.91. The van der Waals surface area contributed by atoms with Crippen molar-refractivity contribution in [3.05, 3.63) is 29.8 Å². The van der Waals surface area contributed by atoms with Gasteiger partial charge in [0.05, 0.1) is 6.54 Å². The van der Waals surface area contributed by atoms with Crippen molar-refractivity contribution in [1.29, 1.82) is 0 Å². The fraction of sp³-hybridized carbons (Fsp3) is 0.588. The van der Waals surface area contributed by atoms with E-state index in [1.54, 1.807) is 0 Å². The maximum absolute atomic E-state index is 11.5. The Labute approximate surface area is 128 Å². The number of rotatable bonds is 8. The van der Waals surface area contributed by atoms with Crippen LogP contribution in [-0.4, -0.2) is 25.7 Å². The molecule has 0 radical (unpaired) electrons. The van der Waals surface area contributed by atoms with Gasteiger partial charge in [-0.15, -0.1) is 0 Å². The van der Waals surface area contributed by atoms with Gasteiger partial charge in [-0.05, 0) is 29.9 Å². The molecule has 1 rings (SSSR count). The molecule has 1 aromatic carbocycles. The molecule has 0 unspecified atom stereocenters. The summed E-state index contributed by atoms with van der Waals surface area (Å²) in [6.45, 7) is 10.2. The molecule has 0 aliphatic heterocycles. The lowest BCUT2D eigenvalue weighted by Crippen LogP contribution is -2.38. The highest BCUT2D eigenvalue weighted by molar-refractivity contribution is 5.73. The van der Waals surface area contributed by atoms with Crippen LogP contribution in [0, 0.1) is 5.92 Å². The first kappa shape index (κ1) is 17.3. The Hall–Kier alpha value is -1.71. The topological polar surface area (TPSA) is 50.4 Å². The monoisotopic (exact) mass is 292 g/mol. The van der Waals surface area contributed by atoms with Gasteiger partial charge in [0.25, 0.3) is 0 Å². The van der Waals surface area contributed by atoms with Gasteiger partial charge in [0, 0.05) is 6.54 Å². The molecule has 0 heterocycles. The Morgan fingerprint density at radius 2 is 1.76 bits per heavy atom. The van der Waals surface area contributed by atoms with Crippen LogP contribution >= 0.6 is 0 Å². The molecular formula is C17H28N2O2. The molecule has 0 saturated heterocycles.